The molecule has 0 heterocycles. The third kappa shape index (κ3) is 3.88. The molecule has 0 unspecified atom stereocenters. The molecule has 1 saturated carbocycles. The monoisotopic (exact) mass is 438 g/mol. The molecule has 4 nitrogen and oxygen atoms in total. The first-order valence-electron chi connectivity index (χ1n) is 6.89. The Morgan fingerprint density at radius 1 is 1.24 bits per heavy atom. The Balaban J connectivity index is 2.20. The third-order valence-electron chi connectivity index (χ3n) is 4.26. The summed E-state index contributed by atoms with van der Waals surface area (Å²) in [6, 6.07) is 5.15. The molecule has 0 spiro atoms. The zero-order chi connectivity index (χ0) is 15.7. The lowest BCUT2D eigenvalue weighted by molar-refractivity contribution is 0.162. The zero-order valence-electron chi connectivity index (χ0n) is 12.2. The van der Waals surface area contributed by atoms with Crippen molar-refractivity contribution in [3.05, 3.63) is 27.1 Å². The van der Waals surface area contributed by atoms with E-state index in [0.717, 1.165) is 30.2 Å². The molecule has 0 saturated heterocycles. The number of halogens is 2. The van der Waals surface area contributed by atoms with E-state index in [4.69, 9.17) is 0 Å². The van der Waals surface area contributed by atoms with Crippen molar-refractivity contribution < 1.29 is 8.42 Å². The van der Waals surface area contributed by atoms with Crippen molar-refractivity contribution in [3.8, 4) is 0 Å². The van der Waals surface area contributed by atoms with Crippen molar-refractivity contribution in [2.75, 3.05) is 20.6 Å². The minimum absolute atomic E-state index is 0.0639. The summed E-state index contributed by atoms with van der Waals surface area (Å²) >= 11 is 6.63. The van der Waals surface area contributed by atoms with Crippen LogP contribution in [0.4, 0.5) is 0 Å². The zero-order valence-corrected chi connectivity index (χ0v) is 16.2. The van der Waals surface area contributed by atoms with Crippen LogP contribution >= 0.6 is 31.9 Å². The molecule has 1 aromatic rings. The summed E-state index contributed by atoms with van der Waals surface area (Å²) in [5.74, 6) is 0. The maximum absolute atomic E-state index is 12.5. The fourth-order valence-electron chi connectivity index (χ4n) is 2.81. The van der Waals surface area contributed by atoms with Crippen molar-refractivity contribution in [1.29, 1.82) is 0 Å². The second kappa shape index (κ2) is 6.66. The molecule has 1 fully saturated rings. The Labute approximate surface area is 143 Å². The van der Waals surface area contributed by atoms with Crippen LogP contribution in [0.1, 0.15) is 25.7 Å². The van der Waals surface area contributed by atoms with Crippen LogP contribution in [0.5, 0.6) is 0 Å². The summed E-state index contributed by atoms with van der Waals surface area (Å²) in [5.41, 5.74) is -0.0639. The highest BCUT2D eigenvalue weighted by atomic mass is 79.9. The van der Waals surface area contributed by atoms with Crippen LogP contribution in [0, 0.1) is 0 Å². The van der Waals surface area contributed by atoms with Gasteiger partial charge in [-0.25, -0.2) is 13.1 Å². The maximum atomic E-state index is 12.5. The number of nitrogens with one attached hydrogen (secondary N) is 1. The number of hydrogen-bond donors (Lipinski definition) is 1. The van der Waals surface area contributed by atoms with Gasteiger partial charge in [-0.2, -0.15) is 0 Å². The normalized spacial score (nSPS) is 18.3. The van der Waals surface area contributed by atoms with Crippen LogP contribution in [0.25, 0.3) is 0 Å². The third-order valence-corrected chi connectivity index (χ3v) is 7.15. The standard InChI is InChI=1S/C14H20Br2N2O2S/c1-18(2)14(7-3-4-8-14)10-17-21(19,20)13-9-11(15)5-6-12(13)16/h5-6,9,17H,3-4,7-8,10H2,1-2H3. The summed E-state index contributed by atoms with van der Waals surface area (Å²) in [5, 5.41) is 0. The van der Waals surface area contributed by atoms with E-state index in [1.807, 2.05) is 14.1 Å². The summed E-state index contributed by atoms with van der Waals surface area (Å²) in [4.78, 5) is 2.42. The molecular formula is C14H20Br2N2O2S. The number of nitrogens with zero attached hydrogens (tertiary/aromatic N) is 1. The lowest BCUT2D eigenvalue weighted by Gasteiger charge is -2.36. The van der Waals surface area contributed by atoms with Gasteiger partial charge in [-0.1, -0.05) is 28.8 Å². The average Bonchev–Trinajstić information content (AvgIpc) is 2.89. The largest absolute Gasteiger partial charge is 0.302 e. The SMILES string of the molecule is CN(C)C1(CNS(=O)(=O)c2cc(Br)ccc2Br)CCCC1. The van der Waals surface area contributed by atoms with Crippen molar-refractivity contribution in [3.63, 3.8) is 0 Å². The molecule has 0 atom stereocenters. The maximum Gasteiger partial charge on any atom is 0.241 e. The molecule has 0 aromatic heterocycles. The van der Waals surface area contributed by atoms with E-state index in [1.165, 1.54) is 0 Å². The lowest BCUT2D eigenvalue weighted by Crippen LogP contribution is -2.50. The second-order valence-electron chi connectivity index (χ2n) is 5.73. The van der Waals surface area contributed by atoms with E-state index in [2.05, 4.69) is 41.5 Å². The van der Waals surface area contributed by atoms with Crippen LogP contribution in [-0.2, 0) is 10.0 Å². The van der Waals surface area contributed by atoms with Gasteiger partial charge in [0.15, 0.2) is 0 Å². The van der Waals surface area contributed by atoms with Gasteiger partial charge in [0.25, 0.3) is 0 Å². The molecule has 1 N–H and O–H groups in total. The molecule has 1 aliphatic rings. The first-order chi connectivity index (χ1) is 9.77. The predicted molar refractivity (Wildman–Crippen MR) is 91.9 cm³/mol. The smallest absolute Gasteiger partial charge is 0.241 e. The summed E-state index contributed by atoms with van der Waals surface area (Å²) in [6.45, 7) is 0.446. The van der Waals surface area contributed by atoms with Crippen LogP contribution in [-0.4, -0.2) is 39.5 Å². The Bertz CT molecular complexity index is 611. The van der Waals surface area contributed by atoms with E-state index >= 15 is 0 Å². The molecule has 7 heteroatoms. The Kier molecular flexibility index (Phi) is 5.52. The minimum Gasteiger partial charge on any atom is -0.302 e. The van der Waals surface area contributed by atoms with Gasteiger partial charge in [-0.15, -0.1) is 0 Å². The number of likely N-dealkylation sites (N-methyl/N-ethyl adjacent to an activating group) is 1. The first-order valence-corrected chi connectivity index (χ1v) is 9.96. The highest BCUT2D eigenvalue weighted by Gasteiger charge is 2.37. The van der Waals surface area contributed by atoms with E-state index in [1.54, 1.807) is 18.2 Å². The summed E-state index contributed by atoms with van der Waals surface area (Å²) in [7, 11) is 0.519. The van der Waals surface area contributed by atoms with Gasteiger partial charge < -0.3 is 4.90 Å². The van der Waals surface area contributed by atoms with E-state index in [9.17, 15) is 8.42 Å². The molecule has 118 valence electrons. The van der Waals surface area contributed by atoms with Crippen molar-refractivity contribution in [1.82, 2.24) is 9.62 Å². The Hall–Kier alpha value is 0.0500. The van der Waals surface area contributed by atoms with E-state index < -0.39 is 10.0 Å². The lowest BCUT2D eigenvalue weighted by atomic mass is 9.97. The molecule has 0 amide bonds. The van der Waals surface area contributed by atoms with Gasteiger partial charge in [0.05, 0.1) is 4.90 Å². The fourth-order valence-corrected chi connectivity index (χ4v) is 5.43. The van der Waals surface area contributed by atoms with Crippen LogP contribution in [0.2, 0.25) is 0 Å². The van der Waals surface area contributed by atoms with Crippen molar-refractivity contribution in [2.45, 2.75) is 36.1 Å². The van der Waals surface area contributed by atoms with Gasteiger partial charge in [0.2, 0.25) is 10.0 Å². The van der Waals surface area contributed by atoms with Gasteiger partial charge >= 0.3 is 0 Å². The molecule has 1 aromatic carbocycles. The van der Waals surface area contributed by atoms with Gasteiger partial charge in [-0.3, -0.25) is 0 Å². The molecule has 21 heavy (non-hydrogen) atoms. The summed E-state index contributed by atoms with van der Waals surface area (Å²) < 4.78 is 29.2. The topological polar surface area (TPSA) is 49.4 Å². The van der Waals surface area contributed by atoms with Crippen molar-refractivity contribution >= 4 is 41.9 Å². The van der Waals surface area contributed by atoms with Crippen molar-refractivity contribution in [2.24, 2.45) is 0 Å². The van der Waals surface area contributed by atoms with Gasteiger partial charge in [0, 0.05) is 21.0 Å². The molecule has 0 bridgehead atoms. The average molecular weight is 440 g/mol. The van der Waals surface area contributed by atoms with E-state index in [-0.39, 0.29) is 10.4 Å². The molecule has 2 rings (SSSR count). The van der Waals surface area contributed by atoms with Crippen LogP contribution in [0.15, 0.2) is 32.0 Å². The number of benzene rings is 1. The Morgan fingerprint density at radius 2 is 1.86 bits per heavy atom. The van der Waals surface area contributed by atoms with Crippen LogP contribution in [0.3, 0.4) is 0 Å². The Morgan fingerprint density at radius 3 is 2.43 bits per heavy atom. The minimum atomic E-state index is -3.53. The fraction of sp³-hybridized carbons (Fsp3) is 0.571. The predicted octanol–water partition coefficient (Wildman–Crippen LogP) is 3.36. The second-order valence-corrected chi connectivity index (χ2v) is 9.23. The van der Waals surface area contributed by atoms with Gasteiger partial charge in [-0.05, 0) is 61.1 Å². The highest BCUT2D eigenvalue weighted by Crippen LogP contribution is 2.34. The number of sulfonamides is 1. The van der Waals surface area contributed by atoms with Crippen LogP contribution < -0.4 is 4.72 Å². The molecule has 1 aliphatic carbocycles. The van der Waals surface area contributed by atoms with Gasteiger partial charge in [0.1, 0.15) is 0 Å². The van der Waals surface area contributed by atoms with E-state index in [0.29, 0.717) is 11.0 Å². The highest BCUT2D eigenvalue weighted by molar-refractivity contribution is 9.11. The first kappa shape index (κ1) is 17.4. The quantitative estimate of drug-likeness (QED) is 0.765. The number of hydrogen-bond acceptors (Lipinski definition) is 3. The molecule has 0 aliphatic heterocycles. The molecular weight excluding hydrogens is 420 g/mol. The summed E-state index contributed by atoms with van der Waals surface area (Å²) in [6.07, 6.45) is 4.37. The molecule has 0 radical (unpaired) electrons. The number of rotatable bonds is 5.